The summed E-state index contributed by atoms with van der Waals surface area (Å²) in [5.74, 6) is -0.861. The van der Waals surface area contributed by atoms with Gasteiger partial charge in [0.05, 0.1) is 0 Å². The summed E-state index contributed by atoms with van der Waals surface area (Å²) in [5, 5.41) is 13.9. The predicted octanol–water partition coefficient (Wildman–Crippen LogP) is 1.55. The lowest BCUT2D eigenvalue weighted by Gasteiger charge is -2.15. The molecule has 0 saturated heterocycles. The Hall–Kier alpha value is -1.63. The van der Waals surface area contributed by atoms with Gasteiger partial charge in [-0.3, -0.25) is 14.4 Å². The van der Waals surface area contributed by atoms with E-state index in [0.717, 1.165) is 51.4 Å². The fraction of sp³-hybridized carbons (Fsp3) is 0.824. The van der Waals surface area contributed by atoms with Crippen molar-refractivity contribution in [2.24, 2.45) is 5.73 Å². The summed E-state index contributed by atoms with van der Waals surface area (Å²) < 4.78 is 0. The fourth-order valence-corrected chi connectivity index (χ4v) is 2.49. The molecule has 0 heterocycles. The molecule has 0 aliphatic carbocycles. The van der Waals surface area contributed by atoms with Crippen LogP contribution in [0.3, 0.4) is 0 Å². The van der Waals surface area contributed by atoms with Crippen molar-refractivity contribution in [3.8, 4) is 0 Å². The third-order valence-corrected chi connectivity index (χ3v) is 3.90. The summed E-state index contributed by atoms with van der Waals surface area (Å²) in [6.07, 6.45) is 10.3. The van der Waals surface area contributed by atoms with Gasteiger partial charge in [-0.05, 0) is 32.2 Å². The average Bonchev–Trinajstić information content (AvgIpc) is 2.55. The van der Waals surface area contributed by atoms with E-state index < -0.39 is 12.0 Å². The molecule has 0 aliphatic heterocycles. The number of nitrogens with two attached hydrogens (primary N) is 1. The van der Waals surface area contributed by atoms with Crippen molar-refractivity contribution in [1.82, 2.24) is 10.6 Å². The van der Waals surface area contributed by atoms with E-state index in [9.17, 15) is 14.4 Å². The van der Waals surface area contributed by atoms with E-state index in [1.165, 1.54) is 0 Å². The topological polar surface area (TPSA) is 122 Å². The maximum Gasteiger partial charge on any atom is 0.303 e. The van der Waals surface area contributed by atoms with Crippen LogP contribution in [0.4, 0.5) is 0 Å². The van der Waals surface area contributed by atoms with Gasteiger partial charge in [0.1, 0.15) is 6.04 Å². The van der Waals surface area contributed by atoms with Crippen LogP contribution in [0.5, 0.6) is 0 Å². The molecule has 7 heteroatoms. The van der Waals surface area contributed by atoms with Gasteiger partial charge in [0, 0.05) is 13.0 Å². The largest absolute Gasteiger partial charge is 0.481 e. The molecular weight excluding hydrogens is 310 g/mol. The number of carbonyl (C=O) groups excluding carboxylic acids is 2. The summed E-state index contributed by atoms with van der Waals surface area (Å²) in [6, 6.07) is -0.489. The normalized spacial score (nSPS) is 11.7. The molecule has 0 aromatic carbocycles. The first-order valence-electron chi connectivity index (χ1n) is 9.01. The highest BCUT2D eigenvalue weighted by Gasteiger charge is 2.15. The van der Waals surface area contributed by atoms with E-state index in [1.807, 2.05) is 0 Å². The summed E-state index contributed by atoms with van der Waals surface area (Å²) in [4.78, 5) is 32.8. The van der Waals surface area contributed by atoms with Crippen molar-refractivity contribution in [3.63, 3.8) is 0 Å². The van der Waals surface area contributed by atoms with Crippen molar-refractivity contribution in [2.75, 3.05) is 13.1 Å². The highest BCUT2D eigenvalue weighted by atomic mass is 16.4. The molecule has 0 aromatic heterocycles. The lowest BCUT2D eigenvalue weighted by Crippen LogP contribution is -2.44. The minimum Gasteiger partial charge on any atom is -0.481 e. The van der Waals surface area contributed by atoms with Gasteiger partial charge in [-0.25, -0.2) is 0 Å². The van der Waals surface area contributed by atoms with Crippen LogP contribution in [0.25, 0.3) is 0 Å². The second-order valence-electron chi connectivity index (χ2n) is 6.03. The van der Waals surface area contributed by atoms with Gasteiger partial charge in [0.25, 0.3) is 0 Å². The first kappa shape index (κ1) is 22.4. The minimum absolute atomic E-state index is 0.144. The number of amides is 2. The molecule has 0 bridgehead atoms. The zero-order valence-electron chi connectivity index (χ0n) is 14.6. The molecule has 0 aliphatic rings. The molecule has 1 atom stereocenters. The SMILES string of the molecule is NCCCC(NC=O)C(=O)NCCCCCCCCCCC(=O)O. The van der Waals surface area contributed by atoms with E-state index in [0.29, 0.717) is 32.3 Å². The predicted molar refractivity (Wildman–Crippen MR) is 93.5 cm³/mol. The maximum atomic E-state index is 11.9. The van der Waals surface area contributed by atoms with Crippen molar-refractivity contribution in [1.29, 1.82) is 0 Å². The first-order chi connectivity index (χ1) is 11.6. The van der Waals surface area contributed by atoms with Crippen LogP contribution in [0.2, 0.25) is 0 Å². The van der Waals surface area contributed by atoms with Gasteiger partial charge in [0.2, 0.25) is 12.3 Å². The maximum absolute atomic E-state index is 11.9. The molecule has 0 spiro atoms. The average molecular weight is 343 g/mol. The smallest absolute Gasteiger partial charge is 0.303 e. The number of hydrogen-bond donors (Lipinski definition) is 4. The molecule has 24 heavy (non-hydrogen) atoms. The Morgan fingerprint density at radius 2 is 1.54 bits per heavy atom. The van der Waals surface area contributed by atoms with E-state index in [1.54, 1.807) is 0 Å². The van der Waals surface area contributed by atoms with Crippen LogP contribution in [-0.2, 0) is 14.4 Å². The number of rotatable bonds is 17. The Morgan fingerprint density at radius 3 is 2.08 bits per heavy atom. The van der Waals surface area contributed by atoms with Crippen LogP contribution in [0.1, 0.15) is 70.6 Å². The van der Waals surface area contributed by atoms with Gasteiger partial charge in [-0.2, -0.15) is 0 Å². The van der Waals surface area contributed by atoms with Crippen molar-refractivity contribution in [2.45, 2.75) is 76.7 Å². The Morgan fingerprint density at radius 1 is 0.958 bits per heavy atom. The Kier molecular flexibility index (Phi) is 15.1. The molecule has 0 aromatic rings. The minimum atomic E-state index is -0.717. The number of hydrogen-bond acceptors (Lipinski definition) is 4. The van der Waals surface area contributed by atoms with Crippen LogP contribution < -0.4 is 16.4 Å². The van der Waals surface area contributed by atoms with Gasteiger partial charge in [0.15, 0.2) is 0 Å². The summed E-state index contributed by atoms with van der Waals surface area (Å²) in [6.45, 7) is 1.12. The Labute approximate surface area is 144 Å². The number of aliphatic carboxylic acids is 1. The molecule has 5 N–H and O–H groups in total. The fourth-order valence-electron chi connectivity index (χ4n) is 2.49. The van der Waals surface area contributed by atoms with Crippen molar-refractivity contribution < 1.29 is 19.5 Å². The zero-order chi connectivity index (χ0) is 18.0. The molecule has 7 nitrogen and oxygen atoms in total. The summed E-state index contributed by atoms with van der Waals surface area (Å²) >= 11 is 0. The summed E-state index contributed by atoms with van der Waals surface area (Å²) in [7, 11) is 0. The highest BCUT2D eigenvalue weighted by molar-refractivity contribution is 5.83. The van der Waals surface area contributed by atoms with Gasteiger partial charge >= 0.3 is 5.97 Å². The molecule has 0 radical (unpaired) electrons. The third-order valence-electron chi connectivity index (χ3n) is 3.90. The van der Waals surface area contributed by atoms with Crippen LogP contribution in [0, 0.1) is 0 Å². The number of carboxylic acids is 1. The Balaban J connectivity index is 3.48. The van der Waals surface area contributed by atoms with E-state index in [2.05, 4.69) is 10.6 Å². The van der Waals surface area contributed by atoms with Gasteiger partial charge in [-0.1, -0.05) is 38.5 Å². The monoisotopic (exact) mass is 343 g/mol. The standard InChI is InChI=1S/C17H33N3O4/c18-12-9-10-15(20-14-21)17(24)19-13-8-6-4-2-1-3-5-7-11-16(22)23/h14-15H,1-13,18H2,(H,19,24)(H,20,21)(H,22,23). The second kappa shape index (κ2) is 16.2. The Bertz CT molecular complexity index is 351. The van der Waals surface area contributed by atoms with Crippen molar-refractivity contribution >= 4 is 18.3 Å². The lowest BCUT2D eigenvalue weighted by atomic mass is 10.1. The van der Waals surface area contributed by atoms with Crippen LogP contribution in [-0.4, -0.2) is 42.5 Å². The summed E-state index contributed by atoms with van der Waals surface area (Å²) in [5.41, 5.74) is 5.42. The van der Waals surface area contributed by atoms with E-state index in [4.69, 9.17) is 10.8 Å². The number of carboxylic acid groups (broad SMARTS) is 1. The zero-order valence-corrected chi connectivity index (χ0v) is 14.6. The molecule has 1 unspecified atom stereocenters. The molecule has 2 amide bonds. The van der Waals surface area contributed by atoms with E-state index >= 15 is 0 Å². The lowest BCUT2D eigenvalue weighted by molar-refractivity contribution is -0.137. The van der Waals surface area contributed by atoms with Crippen LogP contribution >= 0.6 is 0 Å². The quantitative estimate of drug-likeness (QED) is 0.236. The van der Waals surface area contributed by atoms with Crippen molar-refractivity contribution in [3.05, 3.63) is 0 Å². The van der Waals surface area contributed by atoms with E-state index in [-0.39, 0.29) is 12.3 Å². The number of nitrogens with one attached hydrogen (secondary N) is 2. The van der Waals surface area contributed by atoms with Gasteiger partial charge in [-0.15, -0.1) is 0 Å². The molecule has 0 saturated carbocycles. The molecule has 0 rings (SSSR count). The van der Waals surface area contributed by atoms with Crippen LogP contribution in [0.15, 0.2) is 0 Å². The number of carbonyl (C=O) groups is 3. The number of unbranched alkanes of at least 4 members (excludes halogenated alkanes) is 7. The first-order valence-corrected chi connectivity index (χ1v) is 9.01. The third kappa shape index (κ3) is 14.0. The molecular formula is C17H33N3O4. The molecule has 140 valence electrons. The molecule has 0 fully saturated rings. The second-order valence-corrected chi connectivity index (χ2v) is 6.03. The van der Waals surface area contributed by atoms with Gasteiger partial charge < -0.3 is 21.5 Å². The highest BCUT2D eigenvalue weighted by Crippen LogP contribution is 2.09.